The van der Waals surface area contributed by atoms with E-state index in [0.29, 0.717) is 23.0 Å². The molecule has 20 heavy (non-hydrogen) atoms. The highest BCUT2D eigenvalue weighted by Crippen LogP contribution is 2.26. The van der Waals surface area contributed by atoms with Crippen molar-refractivity contribution in [2.24, 2.45) is 0 Å². The molecule has 0 fully saturated rings. The van der Waals surface area contributed by atoms with Gasteiger partial charge in [-0.05, 0) is 19.1 Å². The molecule has 0 bridgehead atoms. The van der Waals surface area contributed by atoms with Gasteiger partial charge in [-0.15, -0.1) is 0 Å². The number of nitrogens with zero attached hydrogens (tertiary/aromatic N) is 1. The lowest BCUT2D eigenvalue weighted by atomic mass is 10.1. The molecule has 1 aromatic carbocycles. The summed E-state index contributed by atoms with van der Waals surface area (Å²) in [6.07, 6.45) is 0. The third-order valence-electron chi connectivity index (χ3n) is 2.77. The van der Waals surface area contributed by atoms with E-state index in [1.807, 2.05) is 25.1 Å². The molecule has 6 heteroatoms. The van der Waals surface area contributed by atoms with E-state index in [-0.39, 0.29) is 11.9 Å². The second-order valence-electron chi connectivity index (χ2n) is 4.48. The van der Waals surface area contributed by atoms with Crippen LogP contribution >= 0.6 is 11.6 Å². The Morgan fingerprint density at radius 3 is 2.95 bits per heavy atom. The fourth-order valence-electron chi connectivity index (χ4n) is 1.84. The van der Waals surface area contributed by atoms with Crippen molar-refractivity contribution < 1.29 is 9.53 Å². The largest absolute Gasteiger partial charge is 0.383 e. The van der Waals surface area contributed by atoms with Crippen LogP contribution in [0.3, 0.4) is 0 Å². The molecule has 0 unspecified atom stereocenters. The van der Waals surface area contributed by atoms with Crippen molar-refractivity contribution in [2.45, 2.75) is 13.0 Å². The molecule has 0 aliphatic rings. The van der Waals surface area contributed by atoms with Crippen molar-refractivity contribution in [3.8, 4) is 11.3 Å². The van der Waals surface area contributed by atoms with E-state index >= 15 is 0 Å². The van der Waals surface area contributed by atoms with Crippen LogP contribution in [-0.4, -0.2) is 35.9 Å². The molecule has 2 rings (SSSR count). The lowest BCUT2D eigenvalue weighted by Crippen LogP contribution is -2.35. The molecule has 1 heterocycles. The minimum Gasteiger partial charge on any atom is -0.383 e. The van der Waals surface area contributed by atoms with E-state index in [4.69, 9.17) is 16.3 Å². The number of hydrogen-bond acceptors (Lipinski definition) is 3. The Kier molecular flexibility index (Phi) is 4.76. The van der Waals surface area contributed by atoms with Gasteiger partial charge in [0.25, 0.3) is 5.91 Å². The maximum absolute atomic E-state index is 12.0. The summed E-state index contributed by atoms with van der Waals surface area (Å²) in [4.78, 5) is 12.0. The van der Waals surface area contributed by atoms with Gasteiger partial charge in [-0.2, -0.15) is 5.10 Å². The number of H-pyrrole nitrogens is 1. The molecule has 5 nitrogen and oxygen atoms in total. The van der Waals surface area contributed by atoms with E-state index in [1.54, 1.807) is 19.2 Å². The number of methoxy groups -OCH3 is 1. The molecule has 0 spiro atoms. The van der Waals surface area contributed by atoms with Gasteiger partial charge in [0.2, 0.25) is 0 Å². The number of nitrogens with one attached hydrogen (secondary N) is 2. The van der Waals surface area contributed by atoms with Gasteiger partial charge in [0, 0.05) is 18.7 Å². The van der Waals surface area contributed by atoms with Crippen LogP contribution in [0.25, 0.3) is 11.3 Å². The molecular weight excluding hydrogens is 278 g/mol. The Hall–Kier alpha value is -1.85. The Labute approximate surface area is 122 Å². The number of aromatic amines is 1. The van der Waals surface area contributed by atoms with Crippen LogP contribution < -0.4 is 5.32 Å². The number of carbonyl (C=O) groups is 1. The van der Waals surface area contributed by atoms with Gasteiger partial charge in [0.05, 0.1) is 17.3 Å². The summed E-state index contributed by atoms with van der Waals surface area (Å²) in [6, 6.07) is 8.96. The van der Waals surface area contributed by atoms with E-state index in [2.05, 4.69) is 15.5 Å². The van der Waals surface area contributed by atoms with Crippen LogP contribution in [0.2, 0.25) is 5.02 Å². The van der Waals surface area contributed by atoms with Gasteiger partial charge in [-0.3, -0.25) is 9.89 Å². The van der Waals surface area contributed by atoms with Crippen LogP contribution in [0.5, 0.6) is 0 Å². The first kappa shape index (κ1) is 14.6. The number of halogens is 1. The predicted octanol–water partition coefficient (Wildman–Crippen LogP) is 2.49. The van der Waals surface area contributed by atoms with Crippen molar-refractivity contribution >= 4 is 17.5 Å². The van der Waals surface area contributed by atoms with E-state index in [0.717, 1.165) is 5.56 Å². The highest BCUT2D eigenvalue weighted by molar-refractivity contribution is 6.33. The van der Waals surface area contributed by atoms with Crippen molar-refractivity contribution in [3.63, 3.8) is 0 Å². The molecule has 1 amide bonds. The molecule has 0 saturated carbocycles. The Morgan fingerprint density at radius 1 is 1.50 bits per heavy atom. The second-order valence-corrected chi connectivity index (χ2v) is 4.88. The molecule has 0 aliphatic heterocycles. The first-order valence-electron chi connectivity index (χ1n) is 6.22. The van der Waals surface area contributed by atoms with Gasteiger partial charge >= 0.3 is 0 Å². The van der Waals surface area contributed by atoms with Crippen LogP contribution in [0.15, 0.2) is 30.3 Å². The number of carbonyl (C=O) groups excluding carboxylic acids is 1. The maximum Gasteiger partial charge on any atom is 0.269 e. The fraction of sp³-hybridized carbons (Fsp3) is 0.286. The predicted molar refractivity (Wildman–Crippen MR) is 77.8 cm³/mol. The molecule has 1 aromatic heterocycles. The van der Waals surface area contributed by atoms with Crippen molar-refractivity contribution in [3.05, 3.63) is 41.0 Å². The van der Waals surface area contributed by atoms with Crippen LogP contribution in [-0.2, 0) is 4.74 Å². The Bertz CT molecular complexity index is 598. The third-order valence-corrected chi connectivity index (χ3v) is 3.10. The summed E-state index contributed by atoms with van der Waals surface area (Å²) >= 11 is 6.10. The van der Waals surface area contributed by atoms with E-state index in [1.165, 1.54) is 0 Å². The first-order valence-corrected chi connectivity index (χ1v) is 6.59. The van der Waals surface area contributed by atoms with Gasteiger partial charge in [-0.25, -0.2) is 0 Å². The normalized spacial score (nSPS) is 12.2. The van der Waals surface area contributed by atoms with Crippen molar-refractivity contribution in [1.82, 2.24) is 15.5 Å². The maximum atomic E-state index is 12.0. The van der Waals surface area contributed by atoms with Gasteiger partial charge in [-0.1, -0.05) is 29.8 Å². The molecule has 106 valence electrons. The van der Waals surface area contributed by atoms with Crippen LogP contribution in [0.1, 0.15) is 17.4 Å². The zero-order valence-electron chi connectivity index (χ0n) is 11.3. The third kappa shape index (κ3) is 3.37. The number of amides is 1. The fourth-order valence-corrected chi connectivity index (χ4v) is 2.07. The summed E-state index contributed by atoms with van der Waals surface area (Å²) < 4.78 is 4.97. The smallest absolute Gasteiger partial charge is 0.269 e. The topological polar surface area (TPSA) is 67.0 Å². The summed E-state index contributed by atoms with van der Waals surface area (Å²) in [5.74, 6) is -0.222. The summed E-state index contributed by atoms with van der Waals surface area (Å²) in [6.45, 7) is 2.32. The standard InChI is InChI=1S/C14H16ClN3O2/c1-9(8-20-2)16-14(19)13-7-12(17-18-13)10-5-3-4-6-11(10)15/h3-7,9H,8H2,1-2H3,(H,16,19)(H,17,18)/t9-/m1/s1. The average molecular weight is 294 g/mol. The second kappa shape index (κ2) is 6.54. The molecule has 1 atom stereocenters. The van der Waals surface area contributed by atoms with Gasteiger partial charge in [0.1, 0.15) is 5.69 Å². The molecule has 2 aromatic rings. The average Bonchev–Trinajstić information content (AvgIpc) is 2.89. The molecule has 0 aliphatic carbocycles. The number of benzene rings is 1. The van der Waals surface area contributed by atoms with Crippen molar-refractivity contribution in [1.29, 1.82) is 0 Å². The monoisotopic (exact) mass is 293 g/mol. The molecular formula is C14H16ClN3O2. The number of hydrogen-bond donors (Lipinski definition) is 2. The van der Waals surface area contributed by atoms with Crippen molar-refractivity contribution in [2.75, 3.05) is 13.7 Å². The molecule has 2 N–H and O–H groups in total. The molecule has 0 saturated heterocycles. The minimum absolute atomic E-state index is 0.0698. The van der Waals surface area contributed by atoms with E-state index < -0.39 is 0 Å². The summed E-state index contributed by atoms with van der Waals surface area (Å²) in [7, 11) is 1.59. The molecule has 0 radical (unpaired) electrons. The Balaban J connectivity index is 2.13. The minimum atomic E-state index is -0.222. The zero-order chi connectivity index (χ0) is 14.5. The highest BCUT2D eigenvalue weighted by Gasteiger charge is 2.14. The first-order chi connectivity index (χ1) is 9.61. The Morgan fingerprint density at radius 2 is 2.25 bits per heavy atom. The van der Waals surface area contributed by atoms with Gasteiger partial charge in [0.15, 0.2) is 0 Å². The summed E-state index contributed by atoms with van der Waals surface area (Å²) in [5.41, 5.74) is 1.82. The number of ether oxygens (including phenoxy) is 1. The SMILES string of the molecule is COC[C@@H](C)NC(=O)c1cc(-c2ccccc2Cl)n[nH]1. The van der Waals surface area contributed by atoms with Crippen LogP contribution in [0, 0.1) is 0 Å². The van der Waals surface area contributed by atoms with Crippen LogP contribution in [0.4, 0.5) is 0 Å². The quantitative estimate of drug-likeness (QED) is 0.890. The zero-order valence-corrected chi connectivity index (χ0v) is 12.1. The lowest BCUT2D eigenvalue weighted by molar-refractivity contribution is 0.0900. The summed E-state index contributed by atoms with van der Waals surface area (Å²) in [5, 5.41) is 10.2. The lowest BCUT2D eigenvalue weighted by Gasteiger charge is -2.11. The highest BCUT2D eigenvalue weighted by atomic mass is 35.5. The van der Waals surface area contributed by atoms with Gasteiger partial charge < -0.3 is 10.1 Å². The number of aromatic nitrogens is 2. The number of rotatable bonds is 5. The van der Waals surface area contributed by atoms with E-state index in [9.17, 15) is 4.79 Å².